The molecule has 0 aromatic rings. The molecule has 0 aliphatic carbocycles. The van der Waals surface area contributed by atoms with Crippen LogP contribution in [0.3, 0.4) is 0 Å². The largest absolute Gasteiger partial charge is 0.480 e. The molecule has 0 aromatic carbocycles. The number of carbonyl (C=O) groups is 2. The van der Waals surface area contributed by atoms with Crippen LogP contribution in [-0.4, -0.2) is 48.2 Å². The fraction of sp³-hybridized carbons (Fsp3) is 0.800. The quantitative estimate of drug-likeness (QED) is 0.682. The first-order chi connectivity index (χ1) is 6.99. The number of carboxylic acid groups (broad SMARTS) is 1. The van der Waals surface area contributed by atoms with Gasteiger partial charge in [-0.15, -0.1) is 0 Å². The maximum atomic E-state index is 11.4. The summed E-state index contributed by atoms with van der Waals surface area (Å²) in [4.78, 5) is 23.2. The van der Waals surface area contributed by atoms with Crippen LogP contribution in [0.2, 0.25) is 0 Å². The molecule has 88 valence electrons. The summed E-state index contributed by atoms with van der Waals surface area (Å²) < 4.78 is 4.72. The van der Waals surface area contributed by atoms with Crippen molar-refractivity contribution in [2.75, 3.05) is 20.3 Å². The average Bonchev–Trinajstić information content (AvgIpc) is 2.16. The van der Waals surface area contributed by atoms with Crippen LogP contribution in [0.4, 0.5) is 0 Å². The molecule has 0 aliphatic rings. The molecule has 0 rings (SSSR count). The third-order valence-electron chi connectivity index (χ3n) is 2.21. The highest BCUT2D eigenvalue weighted by Crippen LogP contribution is 2.04. The number of aliphatic carboxylic acids is 1. The predicted molar refractivity (Wildman–Crippen MR) is 55.6 cm³/mol. The lowest BCUT2D eigenvalue weighted by atomic mass is 10.2. The summed E-state index contributed by atoms with van der Waals surface area (Å²) in [7, 11) is 1.70. The van der Waals surface area contributed by atoms with Gasteiger partial charge in [0.25, 0.3) is 0 Å². The van der Waals surface area contributed by atoms with Crippen molar-refractivity contribution in [1.82, 2.24) is 4.90 Å². The van der Waals surface area contributed by atoms with Crippen LogP contribution < -0.4 is 0 Å². The maximum absolute atomic E-state index is 11.4. The van der Waals surface area contributed by atoms with Crippen molar-refractivity contribution in [2.45, 2.75) is 32.7 Å². The van der Waals surface area contributed by atoms with E-state index >= 15 is 0 Å². The molecule has 0 saturated heterocycles. The minimum atomic E-state index is -1.06. The highest BCUT2D eigenvalue weighted by molar-refractivity contribution is 5.78. The van der Waals surface area contributed by atoms with Gasteiger partial charge in [-0.3, -0.25) is 4.79 Å². The van der Waals surface area contributed by atoms with Crippen molar-refractivity contribution in [1.29, 1.82) is 0 Å². The first-order valence-electron chi connectivity index (χ1n) is 5.04. The third-order valence-corrected chi connectivity index (χ3v) is 2.21. The Kier molecular flexibility index (Phi) is 6.70. The molecule has 0 aliphatic heterocycles. The number of hydrogen-bond acceptors (Lipinski definition) is 3. The number of carbonyl (C=O) groups excluding carboxylic acids is 1. The fourth-order valence-electron chi connectivity index (χ4n) is 1.18. The molecule has 0 fully saturated rings. The van der Waals surface area contributed by atoms with Gasteiger partial charge in [0.15, 0.2) is 0 Å². The van der Waals surface area contributed by atoms with Gasteiger partial charge in [-0.05, 0) is 13.3 Å². The molecule has 0 saturated carbocycles. The lowest BCUT2D eigenvalue weighted by Crippen LogP contribution is -2.37. The van der Waals surface area contributed by atoms with Gasteiger partial charge in [0, 0.05) is 13.1 Å². The molecule has 1 unspecified atom stereocenters. The highest BCUT2D eigenvalue weighted by Gasteiger charge is 2.15. The Morgan fingerprint density at radius 3 is 2.47 bits per heavy atom. The van der Waals surface area contributed by atoms with E-state index < -0.39 is 12.6 Å². The Morgan fingerprint density at radius 1 is 1.40 bits per heavy atom. The van der Waals surface area contributed by atoms with Gasteiger partial charge in [0.05, 0.1) is 0 Å². The Labute approximate surface area is 90.0 Å². The summed E-state index contributed by atoms with van der Waals surface area (Å²) in [5.41, 5.74) is 0. The highest BCUT2D eigenvalue weighted by atomic mass is 16.5. The molecular formula is C10H19NO4. The standard InChI is InChI=1S/C10H19NO4/c1-4-5-8(2)11(3)9(12)6-15-7-10(13)14/h8H,4-7H2,1-3H3,(H,13,14). The van der Waals surface area contributed by atoms with Crippen LogP contribution in [0, 0.1) is 0 Å². The number of carboxylic acids is 1. The topological polar surface area (TPSA) is 66.8 Å². The summed E-state index contributed by atoms with van der Waals surface area (Å²) in [6, 6.07) is 0.163. The Hall–Kier alpha value is -1.10. The third kappa shape index (κ3) is 6.06. The van der Waals surface area contributed by atoms with Crippen molar-refractivity contribution in [2.24, 2.45) is 0 Å². The Balaban J connectivity index is 3.83. The number of rotatable bonds is 7. The van der Waals surface area contributed by atoms with Crippen LogP contribution in [-0.2, 0) is 14.3 Å². The zero-order chi connectivity index (χ0) is 11.8. The Bertz CT molecular complexity index is 217. The zero-order valence-electron chi connectivity index (χ0n) is 9.52. The second-order valence-electron chi connectivity index (χ2n) is 3.53. The normalized spacial score (nSPS) is 12.2. The van der Waals surface area contributed by atoms with E-state index in [9.17, 15) is 9.59 Å². The first-order valence-corrected chi connectivity index (χ1v) is 5.04. The minimum Gasteiger partial charge on any atom is -0.480 e. The van der Waals surface area contributed by atoms with Gasteiger partial charge in [0.2, 0.25) is 5.91 Å². The van der Waals surface area contributed by atoms with E-state index in [1.807, 2.05) is 6.92 Å². The van der Waals surface area contributed by atoms with Crippen molar-refractivity contribution in [3.05, 3.63) is 0 Å². The van der Waals surface area contributed by atoms with Gasteiger partial charge in [-0.25, -0.2) is 4.79 Å². The number of likely N-dealkylation sites (N-methyl/N-ethyl adjacent to an activating group) is 1. The van der Waals surface area contributed by atoms with Gasteiger partial charge < -0.3 is 14.7 Å². The molecule has 1 N–H and O–H groups in total. The number of ether oxygens (including phenoxy) is 1. The fourth-order valence-corrected chi connectivity index (χ4v) is 1.18. The van der Waals surface area contributed by atoms with E-state index in [4.69, 9.17) is 9.84 Å². The van der Waals surface area contributed by atoms with Crippen LogP contribution in [0.1, 0.15) is 26.7 Å². The lowest BCUT2D eigenvalue weighted by molar-refractivity contribution is -0.146. The SMILES string of the molecule is CCCC(C)N(C)C(=O)COCC(=O)O. The summed E-state index contributed by atoms with van der Waals surface area (Å²) in [5, 5.41) is 8.31. The monoisotopic (exact) mass is 217 g/mol. The van der Waals surface area contributed by atoms with Gasteiger partial charge in [-0.1, -0.05) is 13.3 Å². The summed E-state index contributed by atoms with van der Waals surface area (Å²) in [6.45, 7) is 3.41. The van der Waals surface area contributed by atoms with E-state index in [1.165, 1.54) is 0 Å². The molecule has 1 atom stereocenters. The van der Waals surface area contributed by atoms with Crippen LogP contribution >= 0.6 is 0 Å². The summed E-state index contributed by atoms with van der Waals surface area (Å²) >= 11 is 0. The number of nitrogens with zero attached hydrogens (tertiary/aromatic N) is 1. The van der Waals surface area contributed by atoms with Crippen molar-refractivity contribution in [3.8, 4) is 0 Å². The maximum Gasteiger partial charge on any atom is 0.329 e. The molecule has 1 amide bonds. The molecule has 0 radical (unpaired) electrons. The number of hydrogen-bond donors (Lipinski definition) is 1. The van der Waals surface area contributed by atoms with E-state index in [1.54, 1.807) is 11.9 Å². The van der Waals surface area contributed by atoms with Crippen molar-refractivity contribution in [3.63, 3.8) is 0 Å². The molecule has 0 heterocycles. The molecule has 5 heteroatoms. The van der Waals surface area contributed by atoms with Gasteiger partial charge in [-0.2, -0.15) is 0 Å². The summed E-state index contributed by atoms with van der Waals surface area (Å²) in [6.07, 6.45) is 1.94. The zero-order valence-corrected chi connectivity index (χ0v) is 9.52. The average molecular weight is 217 g/mol. The van der Waals surface area contributed by atoms with E-state index in [-0.39, 0.29) is 18.6 Å². The molecule has 0 aromatic heterocycles. The second kappa shape index (κ2) is 7.23. The molecule has 15 heavy (non-hydrogen) atoms. The van der Waals surface area contributed by atoms with Gasteiger partial charge >= 0.3 is 5.97 Å². The van der Waals surface area contributed by atoms with Gasteiger partial charge in [0.1, 0.15) is 13.2 Å². The predicted octanol–water partition coefficient (Wildman–Crippen LogP) is 0.735. The van der Waals surface area contributed by atoms with Crippen molar-refractivity contribution < 1.29 is 19.4 Å². The molecule has 0 spiro atoms. The molecule has 0 bridgehead atoms. The molecular weight excluding hydrogens is 198 g/mol. The van der Waals surface area contributed by atoms with E-state index in [2.05, 4.69) is 6.92 Å². The van der Waals surface area contributed by atoms with Crippen LogP contribution in [0.25, 0.3) is 0 Å². The first kappa shape index (κ1) is 13.9. The van der Waals surface area contributed by atoms with Crippen LogP contribution in [0.5, 0.6) is 0 Å². The van der Waals surface area contributed by atoms with Crippen molar-refractivity contribution >= 4 is 11.9 Å². The smallest absolute Gasteiger partial charge is 0.329 e. The lowest BCUT2D eigenvalue weighted by Gasteiger charge is -2.24. The second-order valence-corrected chi connectivity index (χ2v) is 3.53. The van der Waals surface area contributed by atoms with E-state index in [0.717, 1.165) is 12.8 Å². The number of amides is 1. The minimum absolute atomic E-state index is 0.163. The summed E-state index contributed by atoms with van der Waals surface area (Å²) in [5.74, 6) is -1.25. The molecule has 5 nitrogen and oxygen atoms in total. The van der Waals surface area contributed by atoms with Crippen LogP contribution in [0.15, 0.2) is 0 Å². The Morgan fingerprint density at radius 2 is 2.00 bits per heavy atom. The van der Waals surface area contributed by atoms with E-state index in [0.29, 0.717) is 0 Å².